The van der Waals surface area contributed by atoms with Crippen molar-refractivity contribution in [3.63, 3.8) is 0 Å². The lowest BCUT2D eigenvalue weighted by Crippen LogP contribution is -2.37. The van der Waals surface area contributed by atoms with E-state index in [1.807, 2.05) is 0 Å². The SMILES string of the molecule is CC(=O)N(CCNC(=O)Cc1ccc(F)cc1)Cc1ccco1. The minimum absolute atomic E-state index is 0.0887. The molecule has 23 heavy (non-hydrogen) atoms. The van der Waals surface area contributed by atoms with E-state index in [0.717, 1.165) is 5.56 Å². The van der Waals surface area contributed by atoms with E-state index in [1.165, 1.54) is 19.1 Å². The van der Waals surface area contributed by atoms with E-state index < -0.39 is 0 Å². The Morgan fingerprint density at radius 2 is 1.96 bits per heavy atom. The molecule has 0 saturated heterocycles. The molecule has 0 saturated carbocycles. The van der Waals surface area contributed by atoms with Gasteiger partial charge >= 0.3 is 0 Å². The van der Waals surface area contributed by atoms with Gasteiger partial charge in [-0.25, -0.2) is 4.39 Å². The normalized spacial score (nSPS) is 10.3. The van der Waals surface area contributed by atoms with E-state index in [2.05, 4.69) is 5.32 Å². The molecule has 122 valence electrons. The highest BCUT2D eigenvalue weighted by atomic mass is 19.1. The molecule has 0 spiro atoms. The Hall–Kier alpha value is -2.63. The molecule has 2 rings (SSSR count). The zero-order valence-corrected chi connectivity index (χ0v) is 12.9. The van der Waals surface area contributed by atoms with Crippen LogP contribution in [0.5, 0.6) is 0 Å². The molecule has 0 radical (unpaired) electrons. The number of carbonyl (C=O) groups is 2. The van der Waals surface area contributed by atoms with Crippen LogP contribution in [-0.2, 0) is 22.6 Å². The van der Waals surface area contributed by atoms with Crippen LogP contribution in [-0.4, -0.2) is 29.8 Å². The number of hydrogen-bond acceptors (Lipinski definition) is 3. The van der Waals surface area contributed by atoms with Crippen LogP contribution < -0.4 is 5.32 Å². The zero-order valence-electron chi connectivity index (χ0n) is 12.9. The van der Waals surface area contributed by atoms with Gasteiger partial charge in [-0.2, -0.15) is 0 Å². The molecule has 0 atom stereocenters. The maximum atomic E-state index is 12.8. The smallest absolute Gasteiger partial charge is 0.224 e. The number of carbonyl (C=O) groups excluding carboxylic acids is 2. The Balaban J connectivity index is 1.76. The van der Waals surface area contributed by atoms with E-state index in [0.29, 0.717) is 25.4 Å². The van der Waals surface area contributed by atoms with Crippen molar-refractivity contribution in [2.45, 2.75) is 19.9 Å². The molecule has 1 aromatic carbocycles. The lowest BCUT2D eigenvalue weighted by molar-refractivity contribution is -0.130. The Kier molecular flexibility index (Phi) is 5.91. The Bertz CT molecular complexity index is 638. The van der Waals surface area contributed by atoms with Gasteiger partial charge in [0, 0.05) is 20.0 Å². The minimum atomic E-state index is -0.329. The third kappa shape index (κ3) is 5.58. The monoisotopic (exact) mass is 318 g/mol. The zero-order chi connectivity index (χ0) is 16.7. The van der Waals surface area contributed by atoms with Crippen molar-refractivity contribution in [2.24, 2.45) is 0 Å². The van der Waals surface area contributed by atoms with Crippen LogP contribution >= 0.6 is 0 Å². The highest BCUT2D eigenvalue weighted by Gasteiger charge is 2.11. The summed E-state index contributed by atoms with van der Waals surface area (Å²) in [5, 5.41) is 2.75. The van der Waals surface area contributed by atoms with Gasteiger partial charge < -0.3 is 14.6 Å². The van der Waals surface area contributed by atoms with Gasteiger partial charge in [0.15, 0.2) is 0 Å². The second-order valence-corrected chi connectivity index (χ2v) is 5.17. The number of nitrogens with one attached hydrogen (secondary N) is 1. The van der Waals surface area contributed by atoms with Crippen LogP contribution in [0, 0.1) is 5.82 Å². The van der Waals surface area contributed by atoms with E-state index in [1.54, 1.807) is 35.4 Å². The van der Waals surface area contributed by atoms with Gasteiger partial charge in [0.2, 0.25) is 11.8 Å². The number of halogens is 1. The third-order valence-corrected chi connectivity index (χ3v) is 3.35. The molecular weight excluding hydrogens is 299 g/mol. The molecule has 0 aliphatic heterocycles. The molecule has 2 aromatic rings. The summed E-state index contributed by atoms with van der Waals surface area (Å²) in [6.45, 7) is 2.59. The van der Waals surface area contributed by atoms with Crippen molar-refractivity contribution < 1.29 is 18.4 Å². The second kappa shape index (κ2) is 8.12. The first-order valence-corrected chi connectivity index (χ1v) is 7.33. The van der Waals surface area contributed by atoms with Crippen LogP contribution in [0.1, 0.15) is 18.2 Å². The number of furan rings is 1. The highest BCUT2D eigenvalue weighted by molar-refractivity contribution is 5.78. The molecule has 5 nitrogen and oxygen atoms in total. The first-order valence-electron chi connectivity index (χ1n) is 7.33. The molecule has 2 amide bonds. The van der Waals surface area contributed by atoms with E-state index in [4.69, 9.17) is 4.42 Å². The van der Waals surface area contributed by atoms with E-state index in [-0.39, 0.29) is 24.1 Å². The summed E-state index contributed by atoms with van der Waals surface area (Å²) in [6.07, 6.45) is 1.73. The van der Waals surface area contributed by atoms with Crippen molar-refractivity contribution >= 4 is 11.8 Å². The largest absolute Gasteiger partial charge is 0.467 e. The van der Waals surface area contributed by atoms with Crippen molar-refractivity contribution in [1.82, 2.24) is 10.2 Å². The molecular formula is C17H19FN2O3. The van der Waals surface area contributed by atoms with Crippen LogP contribution in [0.25, 0.3) is 0 Å². The Morgan fingerprint density at radius 1 is 1.22 bits per heavy atom. The summed E-state index contributed by atoms with van der Waals surface area (Å²) in [5.41, 5.74) is 0.739. The fourth-order valence-electron chi connectivity index (χ4n) is 2.12. The van der Waals surface area contributed by atoms with Gasteiger partial charge in [-0.3, -0.25) is 9.59 Å². The predicted molar refractivity (Wildman–Crippen MR) is 82.9 cm³/mol. The Labute approximate surface area is 134 Å². The number of rotatable bonds is 7. The lowest BCUT2D eigenvalue weighted by atomic mass is 10.1. The molecule has 0 bridgehead atoms. The fourth-order valence-corrected chi connectivity index (χ4v) is 2.12. The first-order chi connectivity index (χ1) is 11.0. The fraction of sp³-hybridized carbons (Fsp3) is 0.294. The summed E-state index contributed by atoms with van der Waals surface area (Å²) < 4.78 is 18.0. The number of benzene rings is 1. The summed E-state index contributed by atoms with van der Waals surface area (Å²) in [4.78, 5) is 25.0. The van der Waals surface area contributed by atoms with Crippen molar-refractivity contribution in [2.75, 3.05) is 13.1 Å². The average Bonchev–Trinajstić information content (AvgIpc) is 3.01. The number of nitrogens with zero attached hydrogens (tertiary/aromatic N) is 1. The van der Waals surface area contributed by atoms with Gasteiger partial charge in [-0.1, -0.05) is 12.1 Å². The average molecular weight is 318 g/mol. The molecule has 6 heteroatoms. The van der Waals surface area contributed by atoms with Gasteiger partial charge in [0.1, 0.15) is 11.6 Å². The summed E-state index contributed by atoms with van der Waals surface area (Å²) in [6, 6.07) is 9.36. The highest BCUT2D eigenvalue weighted by Crippen LogP contribution is 2.06. The summed E-state index contributed by atoms with van der Waals surface area (Å²) in [5.74, 6) is 0.106. The predicted octanol–water partition coefficient (Wildman–Crippen LogP) is 2.13. The maximum absolute atomic E-state index is 12.8. The van der Waals surface area contributed by atoms with Gasteiger partial charge in [0.05, 0.1) is 19.2 Å². The van der Waals surface area contributed by atoms with Crippen molar-refractivity contribution in [3.05, 3.63) is 59.8 Å². The van der Waals surface area contributed by atoms with Gasteiger partial charge in [-0.15, -0.1) is 0 Å². The topological polar surface area (TPSA) is 62.6 Å². The molecule has 0 unspecified atom stereocenters. The van der Waals surface area contributed by atoms with Crippen molar-refractivity contribution in [1.29, 1.82) is 0 Å². The molecule has 1 heterocycles. The van der Waals surface area contributed by atoms with Crippen LogP contribution in [0.15, 0.2) is 47.1 Å². The Morgan fingerprint density at radius 3 is 2.57 bits per heavy atom. The standard InChI is InChI=1S/C17H19FN2O3/c1-13(21)20(12-16-3-2-10-23-16)9-8-19-17(22)11-14-4-6-15(18)7-5-14/h2-7,10H,8-9,11-12H2,1H3,(H,19,22). The van der Waals surface area contributed by atoms with Crippen LogP contribution in [0.2, 0.25) is 0 Å². The van der Waals surface area contributed by atoms with Crippen LogP contribution in [0.3, 0.4) is 0 Å². The van der Waals surface area contributed by atoms with Gasteiger partial charge in [0.25, 0.3) is 0 Å². The molecule has 1 N–H and O–H groups in total. The molecule has 0 fully saturated rings. The van der Waals surface area contributed by atoms with E-state index >= 15 is 0 Å². The number of amides is 2. The molecule has 0 aliphatic carbocycles. The van der Waals surface area contributed by atoms with Crippen LogP contribution in [0.4, 0.5) is 4.39 Å². The minimum Gasteiger partial charge on any atom is -0.467 e. The van der Waals surface area contributed by atoms with E-state index in [9.17, 15) is 14.0 Å². The molecule has 1 aromatic heterocycles. The number of hydrogen-bond donors (Lipinski definition) is 1. The molecule has 0 aliphatic rings. The second-order valence-electron chi connectivity index (χ2n) is 5.17. The first kappa shape index (κ1) is 16.7. The third-order valence-electron chi connectivity index (χ3n) is 3.35. The van der Waals surface area contributed by atoms with Crippen molar-refractivity contribution in [3.8, 4) is 0 Å². The quantitative estimate of drug-likeness (QED) is 0.850. The van der Waals surface area contributed by atoms with Gasteiger partial charge in [-0.05, 0) is 29.8 Å². The summed E-state index contributed by atoms with van der Waals surface area (Å²) in [7, 11) is 0. The summed E-state index contributed by atoms with van der Waals surface area (Å²) >= 11 is 0. The maximum Gasteiger partial charge on any atom is 0.224 e. The lowest BCUT2D eigenvalue weighted by Gasteiger charge is -2.20.